The standard InChI is InChI=1S/C19H21NO3S/c1-2-15-7-3-4-8-16(15)11-18(21)20-17-9-5-6-14(10-17)12-24-13-19(22)23/h3-10H,2,11-13H2,1H3,(H,20,21)(H,22,23). The fourth-order valence-corrected chi connectivity index (χ4v) is 3.14. The van der Waals surface area contributed by atoms with Gasteiger partial charge in [-0.1, -0.05) is 43.3 Å². The minimum absolute atomic E-state index is 0.0498. The second-order valence-electron chi connectivity index (χ2n) is 5.43. The molecular formula is C19H21NO3S. The number of carbonyl (C=O) groups excluding carboxylic acids is 1. The fraction of sp³-hybridized carbons (Fsp3) is 0.263. The summed E-state index contributed by atoms with van der Waals surface area (Å²) >= 11 is 1.34. The number of rotatable bonds is 8. The lowest BCUT2D eigenvalue weighted by Gasteiger charge is -2.10. The van der Waals surface area contributed by atoms with Gasteiger partial charge in [0, 0.05) is 11.4 Å². The van der Waals surface area contributed by atoms with Crippen LogP contribution in [0.15, 0.2) is 48.5 Å². The lowest BCUT2D eigenvalue weighted by Crippen LogP contribution is -2.15. The van der Waals surface area contributed by atoms with Gasteiger partial charge in [-0.3, -0.25) is 9.59 Å². The molecule has 0 aliphatic rings. The van der Waals surface area contributed by atoms with Crippen LogP contribution in [0.25, 0.3) is 0 Å². The Kier molecular flexibility index (Phi) is 6.88. The van der Waals surface area contributed by atoms with Crippen molar-refractivity contribution >= 4 is 29.3 Å². The van der Waals surface area contributed by atoms with Crippen molar-refractivity contribution in [1.82, 2.24) is 0 Å². The minimum Gasteiger partial charge on any atom is -0.481 e. The van der Waals surface area contributed by atoms with E-state index >= 15 is 0 Å². The number of benzene rings is 2. The van der Waals surface area contributed by atoms with Crippen LogP contribution in [0.1, 0.15) is 23.6 Å². The zero-order valence-electron chi connectivity index (χ0n) is 13.6. The Hall–Kier alpha value is -2.27. The van der Waals surface area contributed by atoms with Gasteiger partial charge < -0.3 is 10.4 Å². The third-order valence-corrected chi connectivity index (χ3v) is 4.54. The van der Waals surface area contributed by atoms with Crippen molar-refractivity contribution in [3.05, 3.63) is 65.2 Å². The number of aryl methyl sites for hydroxylation is 1. The Bertz CT molecular complexity index is 715. The summed E-state index contributed by atoms with van der Waals surface area (Å²) in [7, 11) is 0. The van der Waals surface area contributed by atoms with E-state index < -0.39 is 5.97 Å². The number of thioether (sulfide) groups is 1. The monoisotopic (exact) mass is 343 g/mol. The number of nitrogens with one attached hydrogen (secondary N) is 1. The largest absolute Gasteiger partial charge is 0.481 e. The number of aliphatic carboxylic acids is 1. The third kappa shape index (κ3) is 5.74. The topological polar surface area (TPSA) is 66.4 Å². The number of hydrogen-bond donors (Lipinski definition) is 2. The van der Waals surface area contributed by atoms with Crippen molar-refractivity contribution in [2.45, 2.75) is 25.5 Å². The maximum absolute atomic E-state index is 12.3. The Morgan fingerprint density at radius 3 is 2.54 bits per heavy atom. The summed E-state index contributed by atoms with van der Waals surface area (Å²) in [5, 5.41) is 11.6. The highest BCUT2D eigenvalue weighted by molar-refractivity contribution is 7.99. The summed E-state index contributed by atoms with van der Waals surface area (Å²) in [6, 6.07) is 15.5. The highest BCUT2D eigenvalue weighted by Gasteiger charge is 2.08. The molecule has 2 aromatic carbocycles. The lowest BCUT2D eigenvalue weighted by atomic mass is 10.0. The van der Waals surface area contributed by atoms with Gasteiger partial charge in [0.1, 0.15) is 0 Å². The summed E-state index contributed by atoms with van der Waals surface area (Å²) in [4.78, 5) is 22.8. The molecule has 0 unspecified atom stereocenters. The van der Waals surface area contributed by atoms with Crippen LogP contribution in [-0.2, 0) is 28.2 Å². The van der Waals surface area contributed by atoms with Gasteiger partial charge in [-0.25, -0.2) is 0 Å². The number of carboxylic acids is 1. The number of carboxylic acid groups (broad SMARTS) is 1. The molecular weight excluding hydrogens is 322 g/mol. The molecule has 0 saturated carbocycles. The van der Waals surface area contributed by atoms with E-state index in [1.807, 2.05) is 48.5 Å². The molecule has 0 aliphatic carbocycles. The summed E-state index contributed by atoms with van der Waals surface area (Å²) in [6.07, 6.45) is 1.25. The molecule has 0 bridgehead atoms. The molecule has 0 saturated heterocycles. The average molecular weight is 343 g/mol. The van der Waals surface area contributed by atoms with Crippen molar-refractivity contribution in [2.24, 2.45) is 0 Å². The van der Waals surface area contributed by atoms with Crippen LogP contribution in [0.5, 0.6) is 0 Å². The summed E-state index contributed by atoms with van der Waals surface area (Å²) in [5.74, 6) is -0.190. The molecule has 24 heavy (non-hydrogen) atoms. The van der Waals surface area contributed by atoms with E-state index in [9.17, 15) is 9.59 Å². The highest BCUT2D eigenvalue weighted by atomic mass is 32.2. The first-order valence-corrected chi connectivity index (χ1v) is 8.99. The number of carbonyl (C=O) groups is 2. The summed E-state index contributed by atoms with van der Waals surface area (Å²) in [6.45, 7) is 2.08. The maximum atomic E-state index is 12.3. The molecule has 2 rings (SSSR count). The van der Waals surface area contributed by atoms with E-state index in [1.165, 1.54) is 17.3 Å². The van der Waals surface area contributed by atoms with E-state index in [2.05, 4.69) is 12.2 Å². The predicted molar refractivity (Wildman–Crippen MR) is 98.4 cm³/mol. The van der Waals surface area contributed by atoms with Crippen LogP contribution in [0.3, 0.4) is 0 Å². The van der Waals surface area contributed by atoms with Crippen molar-refractivity contribution in [3.8, 4) is 0 Å². The zero-order valence-corrected chi connectivity index (χ0v) is 14.4. The smallest absolute Gasteiger partial charge is 0.313 e. The first-order chi connectivity index (χ1) is 11.6. The predicted octanol–water partition coefficient (Wildman–Crippen LogP) is 3.75. The Labute approximate surface area is 146 Å². The molecule has 0 aromatic heterocycles. The number of hydrogen-bond acceptors (Lipinski definition) is 3. The SMILES string of the molecule is CCc1ccccc1CC(=O)Nc1cccc(CSCC(=O)O)c1. The van der Waals surface area contributed by atoms with Gasteiger partial charge in [0.15, 0.2) is 0 Å². The van der Waals surface area contributed by atoms with Crippen LogP contribution >= 0.6 is 11.8 Å². The molecule has 126 valence electrons. The first-order valence-electron chi connectivity index (χ1n) is 7.83. The van der Waals surface area contributed by atoms with Gasteiger partial charge in [0.25, 0.3) is 0 Å². The van der Waals surface area contributed by atoms with Gasteiger partial charge in [-0.15, -0.1) is 11.8 Å². The molecule has 0 heterocycles. The fourth-order valence-electron chi connectivity index (χ4n) is 2.45. The van der Waals surface area contributed by atoms with Gasteiger partial charge in [0.05, 0.1) is 12.2 Å². The van der Waals surface area contributed by atoms with E-state index in [4.69, 9.17) is 5.11 Å². The molecule has 4 nitrogen and oxygen atoms in total. The Morgan fingerprint density at radius 1 is 1.08 bits per heavy atom. The van der Waals surface area contributed by atoms with E-state index in [-0.39, 0.29) is 11.7 Å². The maximum Gasteiger partial charge on any atom is 0.313 e. The van der Waals surface area contributed by atoms with Crippen molar-refractivity contribution in [3.63, 3.8) is 0 Å². The lowest BCUT2D eigenvalue weighted by molar-refractivity contribution is -0.133. The molecule has 0 atom stereocenters. The minimum atomic E-state index is -0.820. The summed E-state index contributed by atoms with van der Waals surface area (Å²) in [5.41, 5.74) is 3.97. The van der Waals surface area contributed by atoms with Gasteiger partial charge >= 0.3 is 5.97 Å². The third-order valence-electron chi connectivity index (χ3n) is 3.56. The molecule has 5 heteroatoms. The first kappa shape index (κ1) is 18.1. The number of anilines is 1. The van der Waals surface area contributed by atoms with Crippen LogP contribution in [0.2, 0.25) is 0 Å². The van der Waals surface area contributed by atoms with Crippen molar-refractivity contribution in [2.75, 3.05) is 11.1 Å². The molecule has 2 aromatic rings. The van der Waals surface area contributed by atoms with Crippen LogP contribution in [0, 0.1) is 0 Å². The quantitative estimate of drug-likeness (QED) is 0.766. The van der Waals surface area contributed by atoms with Crippen molar-refractivity contribution in [1.29, 1.82) is 0 Å². The van der Waals surface area contributed by atoms with Crippen LogP contribution in [-0.4, -0.2) is 22.7 Å². The zero-order chi connectivity index (χ0) is 17.4. The van der Waals surface area contributed by atoms with E-state index in [1.54, 1.807) is 0 Å². The Morgan fingerprint density at radius 2 is 1.83 bits per heavy atom. The molecule has 0 fully saturated rings. The van der Waals surface area contributed by atoms with Gasteiger partial charge in [-0.05, 0) is 35.2 Å². The second-order valence-corrected chi connectivity index (χ2v) is 6.42. The van der Waals surface area contributed by atoms with E-state index in [0.29, 0.717) is 12.2 Å². The second kappa shape index (κ2) is 9.13. The normalized spacial score (nSPS) is 10.4. The summed E-state index contributed by atoms with van der Waals surface area (Å²) < 4.78 is 0. The Balaban J connectivity index is 1.95. The molecule has 1 amide bonds. The molecule has 0 aliphatic heterocycles. The van der Waals surface area contributed by atoms with E-state index in [0.717, 1.165) is 23.2 Å². The highest BCUT2D eigenvalue weighted by Crippen LogP contribution is 2.17. The molecule has 0 spiro atoms. The van der Waals surface area contributed by atoms with Crippen molar-refractivity contribution < 1.29 is 14.7 Å². The molecule has 2 N–H and O–H groups in total. The number of amides is 1. The van der Waals surface area contributed by atoms with Gasteiger partial charge in [-0.2, -0.15) is 0 Å². The van der Waals surface area contributed by atoms with Crippen LogP contribution < -0.4 is 5.32 Å². The molecule has 0 radical (unpaired) electrons. The van der Waals surface area contributed by atoms with Crippen LogP contribution in [0.4, 0.5) is 5.69 Å². The van der Waals surface area contributed by atoms with Gasteiger partial charge in [0.2, 0.25) is 5.91 Å². The average Bonchev–Trinajstić information content (AvgIpc) is 2.55.